The summed E-state index contributed by atoms with van der Waals surface area (Å²) in [5.41, 5.74) is 9.97. The normalized spacial score (nSPS) is 12.2. The molecule has 90 heavy (non-hydrogen) atoms. The first-order chi connectivity index (χ1) is 42.9. The minimum atomic E-state index is -0.661. The second-order valence-electron chi connectivity index (χ2n) is 23.9. The van der Waals surface area contributed by atoms with Gasteiger partial charge in [-0.1, -0.05) is 117 Å². The van der Waals surface area contributed by atoms with E-state index in [4.69, 9.17) is 18.9 Å². The molecule has 0 saturated carbocycles. The van der Waals surface area contributed by atoms with Crippen molar-refractivity contribution < 1.29 is 46.9 Å². The Morgan fingerprint density at radius 2 is 0.922 bits per heavy atom. The highest BCUT2D eigenvalue weighted by Gasteiger charge is 2.25. The Bertz CT molecular complexity index is 3790. The zero-order chi connectivity index (χ0) is 65.1. The lowest BCUT2D eigenvalue weighted by Crippen LogP contribution is -2.40. The van der Waals surface area contributed by atoms with E-state index in [0.717, 1.165) is 68.5 Å². The van der Waals surface area contributed by atoms with Gasteiger partial charge >= 0.3 is 12.2 Å². The van der Waals surface area contributed by atoms with Gasteiger partial charge in [-0.2, -0.15) is 19.0 Å². The summed E-state index contributed by atoms with van der Waals surface area (Å²) in [4.78, 5) is 55.8. The molecule has 18 heteroatoms. The number of nitrogens with one attached hydrogen (secondary N) is 2. The fourth-order valence-corrected chi connectivity index (χ4v) is 9.89. The smallest absolute Gasteiger partial charge is 0.410 e. The van der Waals surface area contributed by atoms with E-state index in [9.17, 15) is 28.0 Å². The van der Waals surface area contributed by atoms with Gasteiger partial charge < -0.3 is 38.5 Å². The number of carbonyl (C=O) groups is 4. The van der Waals surface area contributed by atoms with E-state index < -0.39 is 35.3 Å². The van der Waals surface area contributed by atoms with Gasteiger partial charge in [-0.25, -0.2) is 9.59 Å². The number of carbonyl (C=O) groups excluding carboxylic acids is 4. The summed E-state index contributed by atoms with van der Waals surface area (Å²) in [7, 11) is 6.76. The van der Waals surface area contributed by atoms with E-state index >= 15 is 0 Å². The summed E-state index contributed by atoms with van der Waals surface area (Å²) in [6.07, 6.45) is 4.54. The van der Waals surface area contributed by atoms with E-state index in [2.05, 4.69) is 58.5 Å². The summed E-state index contributed by atoms with van der Waals surface area (Å²) in [5.74, 6) is 0.202. The Labute approximate surface area is 527 Å². The van der Waals surface area contributed by atoms with Crippen molar-refractivity contribution in [1.82, 2.24) is 40.0 Å². The Morgan fingerprint density at radius 3 is 1.32 bits per heavy atom. The molecule has 16 nitrogen and oxygen atoms in total. The maximum atomic E-state index is 14.5. The molecular formula is C72H84F2N8O8. The van der Waals surface area contributed by atoms with Crippen LogP contribution in [0.2, 0.25) is 0 Å². The molecule has 0 spiro atoms. The van der Waals surface area contributed by atoms with Gasteiger partial charge in [0.1, 0.15) is 35.9 Å². The highest BCUT2D eigenvalue weighted by atomic mass is 19.1. The predicted molar refractivity (Wildman–Crippen MR) is 353 cm³/mol. The average molecular weight is 1230 g/mol. The van der Waals surface area contributed by atoms with Crippen molar-refractivity contribution in [2.45, 2.75) is 92.3 Å². The lowest BCUT2D eigenvalue weighted by atomic mass is 9.88. The number of ether oxygens (including phenoxy) is 4. The van der Waals surface area contributed by atoms with Crippen LogP contribution in [0, 0.1) is 11.9 Å². The van der Waals surface area contributed by atoms with Gasteiger partial charge in [0, 0.05) is 53.8 Å². The van der Waals surface area contributed by atoms with Gasteiger partial charge in [-0.05, 0) is 165 Å². The number of nitrogens with zero attached hydrogens (tertiary/aromatic N) is 6. The van der Waals surface area contributed by atoms with E-state index in [1.54, 1.807) is 64.8 Å². The molecule has 8 aromatic rings. The quantitative estimate of drug-likeness (QED) is 0.0463. The zero-order valence-corrected chi connectivity index (χ0v) is 53.8. The number of allylic oxidation sites excluding steroid dienone is 2. The first-order valence-corrected chi connectivity index (χ1v) is 30.3. The summed E-state index contributed by atoms with van der Waals surface area (Å²) in [5, 5.41) is 13.8. The van der Waals surface area contributed by atoms with Gasteiger partial charge in [0.05, 0.1) is 34.9 Å². The monoisotopic (exact) mass is 1230 g/mol. The van der Waals surface area contributed by atoms with Gasteiger partial charge in [0.25, 0.3) is 0 Å². The first kappa shape index (κ1) is 67.9. The maximum absolute atomic E-state index is 14.5. The summed E-state index contributed by atoms with van der Waals surface area (Å²) >= 11 is 0. The molecule has 2 aromatic heterocycles. The molecule has 2 heterocycles. The second kappa shape index (κ2) is 31.6. The third-order valence-corrected chi connectivity index (χ3v) is 14.3. The lowest BCUT2D eigenvalue weighted by molar-refractivity contribution is -0.129. The number of amides is 4. The number of aromatic amines is 2. The number of likely N-dealkylation sites (N-methyl/N-ethyl adjacent to an activating group) is 1. The van der Waals surface area contributed by atoms with Crippen LogP contribution in [0.1, 0.15) is 114 Å². The molecule has 0 aliphatic rings. The van der Waals surface area contributed by atoms with Crippen LogP contribution < -0.4 is 9.47 Å². The highest BCUT2D eigenvalue weighted by molar-refractivity contribution is 6.02. The second-order valence-corrected chi connectivity index (χ2v) is 23.9. The minimum absolute atomic E-state index is 0.0113. The lowest BCUT2D eigenvalue weighted by Gasteiger charge is -2.27. The van der Waals surface area contributed by atoms with Crippen LogP contribution in [0.25, 0.3) is 44.1 Å². The SMILES string of the molecule is CC/C(=C(/c1ccc(OCCN(C/C=C/C(=O)N(C)C)C(=O)OC(C)(C)C)cc1)c1ccc2n[nH]c(F)c2c1)c1ccccc1.CC/C(=C(/c1ccc(OCCN(CCCC(=O)N(C)C)C(=O)OC(C)(C)C)cc1)c1ccc2n[nH]c(F)c2c1)c1ccccc1. The van der Waals surface area contributed by atoms with E-state index in [1.807, 2.05) is 142 Å². The van der Waals surface area contributed by atoms with Crippen LogP contribution in [0.15, 0.2) is 158 Å². The van der Waals surface area contributed by atoms with Crippen LogP contribution in [-0.2, 0) is 19.1 Å². The molecule has 0 radical (unpaired) electrons. The number of halogens is 2. The summed E-state index contributed by atoms with van der Waals surface area (Å²) in [6.45, 7) is 16.7. The van der Waals surface area contributed by atoms with Crippen LogP contribution >= 0.6 is 0 Å². The molecule has 6 aromatic carbocycles. The van der Waals surface area contributed by atoms with E-state index in [0.29, 0.717) is 59.2 Å². The molecule has 0 aliphatic carbocycles. The molecule has 0 aliphatic heterocycles. The van der Waals surface area contributed by atoms with Crippen molar-refractivity contribution in [3.63, 3.8) is 0 Å². The molecule has 0 fully saturated rings. The van der Waals surface area contributed by atoms with Crippen molar-refractivity contribution >= 4 is 68.1 Å². The standard InChI is InChI=1S/C36H43FN4O4.C36H41FN4O4/c2*1-7-29(25-12-9-8-10-13-25)33(27-17-20-31-30(24-27)34(37)39-38-31)26-15-18-28(19-16-26)44-23-22-41(35(43)45-36(2,3)4)21-11-14-32(42)40(5)6/h8-10,12-13,15-20,24H,7,11,14,21-23H2,1-6H3,(H,38,39);8-20,24H,7,21-23H2,1-6H3,(H,38,39)/b33-29+;14-11+,33-29+. The molecule has 474 valence electrons. The van der Waals surface area contributed by atoms with Gasteiger partial charge in [0.15, 0.2) is 0 Å². The molecule has 0 unspecified atom stereocenters. The molecule has 0 saturated heterocycles. The van der Waals surface area contributed by atoms with Gasteiger partial charge in [-0.3, -0.25) is 19.8 Å². The van der Waals surface area contributed by atoms with Crippen LogP contribution in [0.5, 0.6) is 11.5 Å². The minimum Gasteiger partial charge on any atom is -0.492 e. The number of aromatic nitrogens is 4. The molecular weight excluding hydrogens is 1140 g/mol. The number of hydrogen-bond donors (Lipinski definition) is 2. The predicted octanol–water partition coefficient (Wildman–Crippen LogP) is 14.9. The Hall–Kier alpha value is -9.58. The highest BCUT2D eigenvalue weighted by Crippen LogP contribution is 2.38. The summed E-state index contributed by atoms with van der Waals surface area (Å²) < 4.78 is 52.2. The molecule has 2 N–H and O–H groups in total. The van der Waals surface area contributed by atoms with E-state index in [-0.39, 0.29) is 38.1 Å². The van der Waals surface area contributed by atoms with Crippen LogP contribution in [0.4, 0.5) is 18.4 Å². The first-order valence-electron chi connectivity index (χ1n) is 30.3. The fraction of sp³-hybridized carbons (Fsp3) is 0.333. The largest absolute Gasteiger partial charge is 0.492 e. The van der Waals surface area contributed by atoms with Crippen LogP contribution in [-0.4, -0.2) is 143 Å². The van der Waals surface area contributed by atoms with Crippen molar-refractivity contribution in [2.75, 3.05) is 67.6 Å². The number of hydrogen-bond acceptors (Lipinski definition) is 10. The van der Waals surface area contributed by atoms with Crippen molar-refractivity contribution in [2.24, 2.45) is 0 Å². The molecule has 8 rings (SSSR count). The van der Waals surface area contributed by atoms with Crippen molar-refractivity contribution in [1.29, 1.82) is 0 Å². The summed E-state index contributed by atoms with van der Waals surface area (Å²) in [6, 6.07) is 47.1. The Balaban J connectivity index is 0.000000256. The molecule has 0 bridgehead atoms. The van der Waals surface area contributed by atoms with E-state index in [1.165, 1.54) is 15.9 Å². The third-order valence-electron chi connectivity index (χ3n) is 14.3. The average Bonchev–Trinajstić information content (AvgIpc) is 1.41. The third kappa shape index (κ3) is 19.2. The van der Waals surface area contributed by atoms with Crippen molar-refractivity contribution in [3.8, 4) is 11.5 Å². The zero-order valence-electron chi connectivity index (χ0n) is 53.8. The molecule has 4 amide bonds. The van der Waals surface area contributed by atoms with Crippen molar-refractivity contribution in [3.05, 3.63) is 203 Å². The van der Waals surface area contributed by atoms with Gasteiger partial charge in [0.2, 0.25) is 23.7 Å². The number of H-pyrrole nitrogens is 2. The number of benzene rings is 6. The fourth-order valence-electron chi connectivity index (χ4n) is 9.89. The Morgan fingerprint density at radius 1 is 0.511 bits per heavy atom. The van der Waals surface area contributed by atoms with Crippen LogP contribution in [0.3, 0.4) is 0 Å². The number of fused-ring (bicyclic) bond motifs is 2. The number of rotatable bonds is 23. The topological polar surface area (TPSA) is 176 Å². The maximum Gasteiger partial charge on any atom is 0.410 e. The molecule has 0 atom stereocenters. The Kier molecular flexibility index (Phi) is 23.8. The van der Waals surface area contributed by atoms with Gasteiger partial charge in [-0.15, -0.1) is 0 Å².